The second-order valence-electron chi connectivity index (χ2n) is 12.4. The van der Waals surface area contributed by atoms with E-state index < -0.39 is 36.4 Å². The van der Waals surface area contributed by atoms with Crippen LogP contribution >= 0.6 is 0 Å². The van der Waals surface area contributed by atoms with Gasteiger partial charge in [-0.25, -0.2) is 8.78 Å². The topological polar surface area (TPSA) is 71.1 Å². The van der Waals surface area contributed by atoms with Gasteiger partial charge in [0.2, 0.25) is 11.6 Å². The van der Waals surface area contributed by atoms with E-state index >= 15 is 0 Å². The molecule has 2 fully saturated rings. The highest BCUT2D eigenvalue weighted by Gasteiger charge is 2.25. The van der Waals surface area contributed by atoms with Crippen LogP contribution in [0.3, 0.4) is 0 Å². The van der Waals surface area contributed by atoms with Crippen LogP contribution in [-0.2, 0) is 0 Å². The van der Waals surface area contributed by atoms with Gasteiger partial charge in [0.25, 0.3) is 0 Å². The lowest BCUT2D eigenvalue weighted by molar-refractivity contribution is -0.0509. The summed E-state index contributed by atoms with van der Waals surface area (Å²) in [5.41, 5.74) is 2.17. The number of ketones is 2. The van der Waals surface area contributed by atoms with Gasteiger partial charge in [0.15, 0.2) is 23.1 Å². The number of rotatable bonds is 13. The van der Waals surface area contributed by atoms with E-state index in [4.69, 9.17) is 9.47 Å². The van der Waals surface area contributed by atoms with Crippen molar-refractivity contribution in [2.24, 2.45) is 11.8 Å². The first-order chi connectivity index (χ1) is 24.9. The summed E-state index contributed by atoms with van der Waals surface area (Å²) < 4.78 is 96.3. The van der Waals surface area contributed by atoms with Crippen LogP contribution in [0.1, 0.15) is 68.7 Å². The molecule has 6 rings (SSSR count). The molecule has 0 spiro atoms. The molecule has 0 aromatic heterocycles. The zero-order valence-corrected chi connectivity index (χ0v) is 28.2. The first kappa shape index (κ1) is 37.8. The van der Waals surface area contributed by atoms with Gasteiger partial charge in [-0.05, 0) is 135 Å². The third-order valence-corrected chi connectivity index (χ3v) is 8.07. The Morgan fingerprint density at radius 3 is 1.52 bits per heavy atom. The number of aryl methyl sites for hydroxylation is 2. The largest absolute Gasteiger partial charge is 0.490 e. The summed E-state index contributed by atoms with van der Waals surface area (Å²) in [7, 11) is 0. The number of hydrogen-bond acceptors (Lipinski definition) is 6. The Morgan fingerprint density at radius 1 is 0.596 bits per heavy atom. The SMILES string of the molecule is Cc1cc(C#Cc2ccc(F)c(OCC3CC3)c2)ccc1OC(F)F.Cc1cc(C(=O)C(=O)c2ccc(F)c(OCC3CC3)c2)ccc1OC(F)F. The highest BCUT2D eigenvalue weighted by atomic mass is 19.3. The molecule has 0 bridgehead atoms. The molecule has 0 amide bonds. The van der Waals surface area contributed by atoms with Crippen molar-refractivity contribution in [2.75, 3.05) is 13.2 Å². The van der Waals surface area contributed by atoms with Crippen molar-refractivity contribution in [3.05, 3.63) is 118 Å². The molecule has 4 aromatic rings. The second-order valence-corrected chi connectivity index (χ2v) is 12.4. The predicted octanol–water partition coefficient (Wildman–Crippen LogP) is 9.51. The average Bonchev–Trinajstić information content (AvgIpc) is 4.05. The molecule has 0 heterocycles. The number of carbonyl (C=O) groups is 2. The van der Waals surface area contributed by atoms with E-state index in [2.05, 4.69) is 21.3 Å². The van der Waals surface area contributed by atoms with E-state index in [-0.39, 0.29) is 34.1 Å². The Balaban J connectivity index is 0.000000202. The summed E-state index contributed by atoms with van der Waals surface area (Å²) >= 11 is 0. The maximum atomic E-state index is 13.8. The predicted molar refractivity (Wildman–Crippen MR) is 180 cm³/mol. The monoisotopic (exact) mass is 724 g/mol. The van der Waals surface area contributed by atoms with Crippen molar-refractivity contribution in [2.45, 2.75) is 52.8 Å². The molecule has 0 radical (unpaired) electrons. The van der Waals surface area contributed by atoms with Gasteiger partial charge in [-0.2, -0.15) is 17.6 Å². The highest BCUT2D eigenvalue weighted by Crippen LogP contribution is 2.32. The van der Waals surface area contributed by atoms with Gasteiger partial charge >= 0.3 is 13.2 Å². The Bertz CT molecular complexity index is 1980. The molecule has 272 valence electrons. The maximum absolute atomic E-state index is 13.8. The van der Waals surface area contributed by atoms with Crippen LogP contribution in [-0.4, -0.2) is 38.0 Å². The van der Waals surface area contributed by atoms with Gasteiger partial charge in [-0.15, -0.1) is 0 Å². The third kappa shape index (κ3) is 11.0. The normalized spacial score (nSPS) is 13.4. The van der Waals surface area contributed by atoms with Crippen LogP contribution in [0, 0.1) is 49.2 Å². The lowest BCUT2D eigenvalue weighted by Gasteiger charge is -2.10. The van der Waals surface area contributed by atoms with Crippen LogP contribution in [0.15, 0.2) is 72.8 Å². The summed E-state index contributed by atoms with van der Waals surface area (Å²) in [6.07, 6.45) is 4.32. The van der Waals surface area contributed by atoms with Crippen molar-refractivity contribution >= 4 is 11.6 Å². The van der Waals surface area contributed by atoms with Crippen LogP contribution in [0.4, 0.5) is 26.3 Å². The van der Waals surface area contributed by atoms with Crippen molar-refractivity contribution in [3.63, 3.8) is 0 Å². The van der Waals surface area contributed by atoms with E-state index in [0.29, 0.717) is 47.3 Å². The third-order valence-electron chi connectivity index (χ3n) is 8.07. The van der Waals surface area contributed by atoms with Crippen molar-refractivity contribution in [1.29, 1.82) is 0 Å². The molecule has 0 saturated heterocycles. The molecule has 0 unspecified atom stereocenters. The molecular formula is C40H34F6O6. The van der Waals surface area contributed by atoms with Gasteiger partial charge in [-0.3, -0.25) is 9.59 Å². The van der Waals surface area contributed by atoms with Gasteiger partial charge < -0.3 is 18.9 Å². The molecule has 52 heavy (non-hydrogen) atoms. The standard InChI is InChI=1S/C20H17F3O4.C20H17F3O2/c1-11-8-13(5-7-16(11)27-20(22)23)18(24)19(25)14-4-6-15(21)17(9-14)26-10-12-2-3-12;1-13-10-14(7-9-18(13)25-20(22)23)2-3-15-6-8-17(21)19(11-15)24-12-16-4-5-16/h4-9,12,20H,2-3,10H2,1H3;6-11,16,20H,4-5,12H2,1H3. The van der Waals surface area contributed by atoms with Gasteiger partial charge in [0, 0.05) is 22.3 Å². The molecule has 0 aliphatic heterocycles. The summed E-state index contributed by atoms with van der Waals surface area (Å²) in [6.45, 7) is -1.79. The quantitative estimate of drug-likeness (QED) is 0.0592. The maximum Gasteiger partial charge on any atom is 0.387 e. The van der Waals surface area contributed by atoms with Crippen LogP contribution in [0.25, 0.3) is 0 Å². The summed E-state index contributed by atoms with van der Waals surface area (Å²) in [5, 5.41) is 0. The molecule has 6 nitrogen and oxygen atoms in total. The molecule has 4 aromatic carbocycles. The number of Topliss-reactive ketones (excluding diaryl/α,β-unsaturated/α-hetero) is 2. The zero-order chi connectivity index (χ0) is 37.4. The second kappa shape index (κ2) is 17.2. The van der Waals surface area contributed by atoms with E-state index in [1.165, 1.54) is 49.4 Å². The number of benzene rings is 4. The first-order valence-electron chi connectivity index (χ1n) is 16.4. The zero-order valence-electron chi connectivity index (χ0n) is 28.2. The van der Waals surface area contributed by atoms with Gasteiger partial charge in [0.1, 0.15) is 11.5 Å². The number of halogens is 6. The molecule has 2 aliphatic carbocycles. The molecule has 0 atom stereocenters. The van der Waals surface area contributed by atoms with Gasteiger partial charge in [-0.1, -0.05) is 11.8 Å². The average molecular weight is 725 g/mol. The molecule has 12 heteroatoms. The number of hydrogen-bond donors (Lipinski definition) is 0. The van der Waals surface area contributed by atoms with Crippen LogP contribution in [0.2, 0.25) is 0 Å². The lowest BCUT2D eigenvalue weighted by Crippen LogP contribution is -2.15. The fourth-order valence-electron chi connectivity index (χ4n) is 4.81. The minimum Gasteiger partial charge on any atom is -0.490 e. The lowest BCUT2D eigenvalue weighted by atomic mass is 9.99. The summed E-state index contributed by atoms with van der Waals surface area (Å²) in [5.74, 6) is 4.30. The highest BCUT2D eigenvalue weighted by molar-refractivity contribution is 6.49. The molecule has 2 aliphatic rings. The Labute approximate surface area is 296 Å². The summed E-state index contributed by atoms with van der Waals surface area (Å²) in [6, 6.07) is 16.4. The van der Waals surface area contributed by atoms with E-state index in [0.717, 1.165) is 31.7 Å². The summed E-state index contributed by atoms with van der Waals surface area (Å²) in [4.78, 5) is 24.9. The molecular weight excluding hydrogens is 690 g/mol. The fourth-order valence-corrected chi connectivity index (χ4v) is 4.81. The molecule has 0 N–H and O–H groups in total. The van der Waals surface area contributed by atoms with E-state index in [1.54, 1.807) is 31.2 Å². The Morgan fingerprint density at radius 2 is 1.02 bits per heavy atom. The number of ether oxygens (including phenoxy) is 4. The smallest absolute Gasteiger partial charge is 0.387 e. The van der Waals surface area contributed by atoms with Crippen LogP contribution < -0.4 is 18.9 Å². The van der Waals surface area contributed by atoms with Crippen molar-refractivity contribution < 1.29 is 54.9 Å². The number of carbonyl (C=O) groups excluding carboxylic acids is 2. The van der Waals surface area contributed by atoms with E-state index in [1.807, 2.05) is 0 Å². The fraction of sp³-hybridized carbons (Fsp3) is 0.300. The van der Waals surface area contributed by atoms with Crippen molar-refractivity contribution in [3.8, 4) is 34.8 Å². The Kier molecular flexibility index (Phi) is 12.5. The van der Waals surface area contributed by atoms with E-state index in [9.17, 15) is 35.9 Å². The van der Waals surface area contributed by atoms with Crippen molar-refractivity contribution in [1.82, 2.24) is 0 Å². The number of alkyl halides is 4. The minimum atomic E-state index is -2.99. The van der Waals surface area contributed by atoms with Crippen LogP contribution in [0.5, 0.6) is 23.0 Å². The minimum absolute atomic E-state index is 0.00208. The Hall–Kier alpha value is -5.44. The first-order valence-corrected chi connectivity index (χ1v) is 16.4. The van der Waals surface area contributed by atoms with Gasteiger partial charge in [0.05, 0.1) is 13.2 Å². The molecule has 2 saturated carbocycles.